The minimum atomic E-state index is 0.181. The molecule has 6 heteroatoms. The van der Waals surface area contributed by atoms with Crippen molar-refractivity contribution in [2.24, 2.45) is 5.41 Å². The first kappa shape index (κ1) is 15.0. The van der Waals surface area contributed by atoms with Crippen LogP contribution in [0.3, 0.4) is 0 Å². The molecule has 0 amide bonds. The third-order valence-electron chi connectivity index (χ3n) is 3.55. The predicted octanol–water partition coefficient (Wildman–Crippen LogP) is 2.93. The van der Waals surface area contributed by atoms with Crippen molar-refractivity contribution in [3.63, 3.8) is 0 Å². The Hall–Kier alpha value is -0.360. The second-order valence-corrected chi connectivity index (χ2v) is 6.31. The van der Waals surface area contributed by atoms with Gasteiger partial charge in [0.1, 0.15) is 5.82 Å². The molecular formula is C13H19BrClN3O. The van der Waals surface area contributed by atoms with Crippen LogP contribution in [0.1, 0.15) is 12.8 Å². The highest BCUT2D eigenvalue weighted by Crippen LogP contribution is 2.31. The topological polar surface area (TPSA) is 46.2 Å². The molecule has 106 valence electrons. The number of pyridine rings is 1. The molecule has 0 unspecified atom stereocenters. The molecule has 0 bridgehead atoms. The van der Waals surface area contributed by atoms with Crippen LogP contribution in [0.25, 0.3) is 0 Å². The van der Waals surface area contributed by atoms with Crippen LogP contribution in [0, 0.1) is 5.41 Å². The molecular weight excluding hydrogens is 330 g/mol. The lowest BCUT2D eigenvalue weighted by Gasteiger charge is -2.37. The maximum absolute atomic E-state index is 5.89. The van der Waals surface area contributed by atoms with Crippen molar-refractivity contribution in [1.29, 1.82) is 0 Å². The minimum absolute atomic E-state index is 0.181. The average molecular weight is 349 g/mol. The number of anilines is 1. The molecule has 1 fully saturated rings. The second kappa shape index (κ2) is 6.88. The molecule has 0 aromatic carbocycles. The Morgan fingerprint density at radius 1 is 1.53 bits per heavy atom. The summed E-state index contributed by atoms with van der Waals surface area (Å²) in [6.45, 7) is 3.71. The number of rotatable bonds is 5. The van der Waals surface area contributed by atoms with Gasteiger partial charge in [-0.3, -0.25) is 0 Å². The van der Waals surface area contributed by atoms with Gasteiger partial charge in [0.15, 0.2) is 0 Å². The van der Waals surface area contributed by atoms with Crippen molar-refractivity contribution >= 4 is 33.3 Å². The molecule has 1 aliphatic rings. The first-order valence-electron chi connectivity index (χ1n) is 6.40. The summed E-state index contributed by atoms with van der Waals surface area (Å²) in [6, 6.07) is 1.85. The zero-order chi connectivity index (χ0) is 13.7. The Morgan fingerprint density at radius 2 is 2.26 bits per heavy atom. The molecule has 0 saturated carbocycles. The number of nitrogens with zero attached hydrogens (tertiary/aromatic N) is 1. The highest BCUT2D eigenvalue weighted by atomic mass is 79.9. The first-order chi connectivity index (χ1) is 9.15. The zero-order valence-electron chi connectivity index (χ0n) is 11.0. The Balaban J connectivity index is 2.01. The molecule has 1 aliphatic heterocycles. The molecule has 1 aromatic rings. The van der Waals surface area contributed by atoms with E-state index in [0.29, 0.717) is 5.02 Å². The van der Waals surface area contributed by atoms with E-state index in [0.717, 1.165) is 49.4 Å². The maximum atomic E-state index is 5.89. The summed E-state index contributed by atoms with van der Waals surface area (Å²) >= 11 is 9.37. The molecule has 0 radical (unpaired) electrons. The standard InChI is InChI=1S/C13H19BrClN3O/c1-19-9-13(2-4-16-5-3-13)8-18-12-11(14)6-10(15)7-17-12/h6-7,16H,2-5,8-9H2,1H3,(H,17,18). The summed E-state index contributed by atoms with van der Waals surface area (Å²) in [7, 11) is 1.76. The molecule has 0 spiro atoms. The lowest BCUT2D eigenvalue weighted by molar-refractivity contribution is 0.0635. The molecule has 0 aliphatic carbocycles. The maximum Gasteiger partial charge on any atom is 0.140 e. The fraction of sp³-hybridized carbons (Fsp3) is 0.615. The molecule has 2 N–H and O–H groups in total. The van der Waals surface area contributed by atoms with Gasteiger partial charge in [-0.25, -0.2) is 4.98 Å². The van der Waals surface area contributed by atoms with Gasteiger partial charge in [-0.15, -0.1) is 0 Å². The van der Waals surface area contributed by atoms with Crippen molar-refractivity contribution in [2.45, 2.75) is 12.8 Å². The number of halogens is 2. The van der Waals surface area contributed by atoms with Crippen molar-refractivity contribution in [2.75, 3.05) is 38.7 Å². The Bertz CT molecular complexity index is 419. The Labute approximate surface area is 127 Å². The van der Waals surface area contributed by atoms with Crippen molar-refractivity contribution in [3.8, 4) is 0 Å². The third kappa shape index (κ3) is 4.05. The van der Waals surface area contributed by atoms with Crippen molar-refractivity contribution < 1.29 is 4.74 Å². The summed E-state index contributed by atoms with van der Waals surface area (Å²) in [5.74, 6) is 0.832. The predicted molar refractivity (Wildman–Crippen MR) is 81.8 cm³/mol. The Kier molecular flexibility index (Phi) is 5.45. The van der Waals surface area contributed by atoms with Crippen molar-refractivity contribution in [1.82, 2.24) is 10.3 Å². The van der Waals surface area contributed by atoms with E-state index in [-0.39, 0.29) is 5.41 Å². The second-order valence-electron chi connectivity index (χ2n) is 5.02. The lowest BCUT2D eigenvalue weighted by atomic mass is 9.79. The summed E-state index contributed by atoms with van der Waals surface area (Å²) in [6.07, 6.45) is 3.87. The first-order valence-corrected chi connectivity index (χ1v) is 7.57. The summed E-state index contributed by atoms with van der Waals surface area (Å²) in [5, 5.41) is 7.43. The number of aromatic nitrogens is 1. The number of hydrogen-bond donors (Lipinski definition) is 2. The van der Waals surface area contributed by atoms with Crippen LogP contribution in [0.15, 0.2) is 16.7 Å². The number of methoxy groups -OCH3 is 1. The van der Waals surface area contributed by atoms with Gasteiger partial charge in [-0.05, 0) is 47.9 Å². The fourth-order valence-corrected chi connectivity index (χ4v) is 3.23. The summed E-state index contributed by atoms with van der Waals surface area (Å²) in [4.78, 5) is 4.31. The SMILES string of the molecule is COCC1(CNc2ncc(Cl)cc2Br)CCNCC1. The number of nitrogens with one attached hydrogen (secondary N) is 2. The molecule has 2 rings (SSSR count). The monoisotopic (exact) mass is 347 g/mol. The van der Waals surface area contributed by atoms with Gasteiger partial charge in [0.2, 0.25) is 0 Å². The van der Waals surface area contributed by atoms with E-state index in [4.69, 9.17) is 16.3 Å². The quantitative estimate of drug-likeness (QED) is 0.859. The number of ether oxygens (including phenoxy) is 1. The third-order valence-corrected chi connectivity index (χ3v) is 4.36. The van der Waals surface area contributed by atoms with E-state index >= 15 is 0 Å². The van der Waals surface area contributed by atoms with E-state index in [1.807, 2.05) is 6.07 Å². The Morgan fingerprint density at radius 3 is 2.89 bits per heavy atom. The fourth-order valence-electron chi connectivity index (χ4n) is 2.45. The summed E-state index contributed by atoms with van der Waals surface area (Å²) in [5.41, 5.74) is 0.181. The van der Waals surface area contributed by atoms with Gasteiger partial charge in [0.25, 0.3) is 0 Å². The van der Waals surface area contributed by atoms with Crippen LogP contribution in [0.4, 0.5) is 5.82 Å². The van der Waals surface area contributed by atoms with E-state index in [1.165, 1.54) is 0 Å². The molecule has 1 aromatic heterocycles. The zero-order valence-corrected chi connectivity index (χ0v) is 13.4. The largest absolute Gasteiger partial charge is 0.384 e. The highest BCUT2D eigenvalue weighted by Gasteiger charge is 2.32. The van der Waals surface area contributed by atoms with Crippen LogP contribution >= 0.6 is 27.5 Å². The van der Waals surface area contributed by atoms with Gasteiger partial charge in [-0.2, -0.15) is 0 Å². The smallest absolute Gasteiger partial charge is 0.140 e. The number of piperidine rings is 1. The highest BCUT2D eigenvalue weighted by molar-refractivity contribution is 9.10. The van der Waals surface area contributed by atoms with Crippen LogP contribution in [0.5, 0.6) is 0 Å². The molecule has 19 heavy (non-hydrogen) atoms. The lowest BCUT2D eigenvalue weighted by Crippen LogP contribution is -2.44. The van der Waals surface area contributed by atoms with Crippen LogP contribution in [-0.4, -0.2) is 38.3 Å². The van der Waals surface area contributed by atoms with Crippen LogP contribution in [0.2, 0.25) is 5.02 Å². The van der Waals surface area contributed by atoms with Gasteiger partial charge < -0.3 is 15.4 Å². The van der Waals surface area contributed by atoms with Gasteiger partial charge in [0.05, 0.1) is 16.1 Å². The molecule has 0 atom stereocenters. The average Bonchev–Trinajstić information content (AvgIpc) is 2.39. The van der Waals surface area contributed by atoms with E-state index in [1.54, 1.807) is 13.3 Å². The summed E-state index contributed by atoms with van der Waals surface area (Å²) < 4.78 is 6.29. The number of hydrogen-bond acceptors (Lipinski definition) is 4. The molecule has 4 nitrogen and oxygen atoms in total. The molecule has 1 saturated heterocycles. The van der Waals surface area contributed by atoms with Crippen molar-refractivity contribution in [3.05, 3.63) is 21.8 Å². The van der Waals surface area contributed by atoms with Crippen LogP contribution < -0.4 is 10.6 Å². The van der Waals surface area contributed by atoms with Gasteiger partial charge in [0, 0.05) is 25.3 Å². The van der Waals surface area contributed by atoms with E-state index < -0.39 is 0 Å². The van der Waals surface area contributed by atoms with E-state index in [2.05, 4.69) is 31.5 Å². The van der Waals surface area contributed by atoms with Crippen LogP contribution in [-0.2, 0) is 4.74 Å². The normalized spacial score (nSPS) is 18.3. The molecule has 2 heterocycles. The van der Waals surface area contributed by atoms with E-state index in [9.17, 15) is 0 Å². The van der Waals surface area contributed by atoms with Gasteiger partial charge >= 0.3 is 0 Å². The minimum Gasteiger partial charge on any atom is -0.384 e. The van der Waals surface area contributed by atoms with Gasteiger partial charge in [-0.1, -0.05) is 11.6 Å².